The highest BCUT2D eigenvalue weighted by Gasteiger charge is 2.09. The van der Waals surface area contributed by atoms with Crippen LogP contribution in [0.3, 0.4) is 0 Å². The van der Waals surface area contributed by atoms with Gasteiger partial charge in [-0.1, -0.05) is 35.9 Å². The van der Waals surface area contributed by atoms with Crippen molar-refractivity contribution in [1.82, 2.24) is 10.2 Å². The molecule has 2 amide bonds. The normalized spacial score (nSPS) is 10.4. The third-order valence-electron chi connectivity index (χ3n) is 4.19. The average molecular weight is 338 g/mol. The molecule has 4 nitrogen and oxygen atoms in total. The van der Waals surface area contributed by atoms with E-state index in [1.54, 1.807) is 25.1 Å². The van der Waals surface area contributed by atoms with Crippen molar-refractivity contribution in [3.8, 4) is 0 Å². The third kappa shape index (κ3) is 5.45. The minimum absolute atomic E-state index is 0.0179. The Balaban J connectivity index is 1.87. The lowest BCUT2D eigenvalue weighted by Crippen LogP contribution is -2.24. The molecule has 0 spiro atoms. The summed E-state index contributed by atoms with van der Waals surface area (Å²) in [7, 11) is 3.45. The summed E-state index contributed by atoms with van der Waals surface area (Å²) in [6.07, 6.45) is 1.19. The van der Waals surface area contributed by atoms with Crippen molar-refractivity contribution in [2.45, 2.75) is 33.2 Å². The quantitative estimate of drug-likeness (QED) is 0.879. The molecule has 0 aliphatic heterocycles. The first-order chi connectivity index (χ1) is 11.9. The van der Waals surface area contributed by atoms with Crippen LogP contribution < -0.4 is 5.32 Å². The highest BCUT2D eigenvalue weighted by molar-refractivity contribution is 5.94. The van der Waals surface area contributed by atoms with Crippen molar-refractivity contribution in [2.24, 2.45) is 0 Å². The summed E-state index contributed by atoms with van der Waals surface area (Å²) in [5, 5.41) is 2.93. The SMILES string of the molecule is Cc1ccc(CCC(=O)NCc2cccc(C(=O)N(C)C)c2)c(C)c1. The molecule has 0 aromatic heterocycles. The second kappa shape index (κ2) is 8.47. The van der Waals surface area contributed by atoms with Crippen molar-refractivity contribution < 1.29 is 9.59 Å². The fourth-order valence-corrected chi connectivity index (χ4v) is 2.74. The summed E-state index contributed by atoms with van der Waals surface area (Å²) in [5.74, 6) is -0.0210. The highest BCUT2D eigenvalue weighted by Crippen LogP contribution is 2.13. The van der Waals surface area contributed by atoms with Crippen LogP contribution in [0.2, 0.25) is 0 Å². The Morgan fingerprint density at radius 3 is 2.48 bits per heavy atom. The first-order valence-electron chi connectivity index (χ1n) is 8.50. The molecule has 0 aliphatic carbocycles. The van der Waals surface area contributed by atoms with Crippen molar-refractivity contribution in [3.05, 3.63) is 70.3 Å². The molecular formula is C21H26N2O2. The molecule has 0 atom stereocenters. The van der Waals surface area contributed by atoms with Gasteiger partial charge in [0.2, 0.25) is 5.91 Å². The molecule has 0 heterocycles. The predicted octanol–water partition coefficient (Wildman–Crippen LogP) is 3.25. The Hall–Kier alpha value is -2.62. The van der Waals surface area contributed by atoms with Gasteiger partial charge in [-0.15, -0.1) is 0 Å². The number of amides is 2. The lowest BCUT2D eigenvalue weighted by molar-refractivity contribution is -0.121. The molecule has 0 bridgehead atoms. The number of benzene rings is 2. The van der Waals surface area contributed by atoms with Crippen LogP contribution in [-0.2, 0) is 17.8 Å². The van der Waals surface area contributed by atoms with Gasteiger partial charge in [0.05, 0.1) is 0 Å². The van der Waals surface area contributed by atoms with E-state index < -0.39 is 0 Å². The standard InChI is InChI=1S/C21H26N2O2/c1-15-8-9-18(16(2)12-15)10-11-20(24)22-14-17-6-5-7-19(13-17)21(25)23(3)4/h5-9,12-13H,10-11,14H2,1-4H3,(H,22,24). The van der Waals surface area contributed by atoms with Gasteiger partial charge in [-0.05, 0) is 49.1 Å². The molecule has 2 aromatic carbocycles. The Kier molecular flexibility index (Phi) is 6.34. The summed E-state index contributed by atoms with van der Waals surface area (Å²) in [6, 6.07) is 13.7. The summed E-state index contributed by atoms with van der Waals surface area (Å²) < 4.78 is 0. The fourth-order valence-electron chi connectivity index (χ4n) is 2.74. The smallest absolute Gasteiger partial charge is 0.253 e. The molecule has 0 aliphatic rings. The molecule has 132 valence electrons. The Morgan fingerprint density at radius 1 is 1.04 bits per heavy atom. The van der Waals surface area contributed by atoms with E-state index in [9.17, 15) is 9.59 Å². The second-order valence-corrected chi connectivity index (χ2v) is 6.61. The van der Waals surface area contributed by atoms with Crippen LogP contribution in [0.5, 0.6) is 0 Å². The molecule has 0 fully saturated rings. The number of aryl methyl sites for hydroxylation is 3. The first-order valence-corrected chi connectivity index (χ1v) is 8.50. The number of nitrogens with zero attached hydrogens (tertiary/aromatic N) is 1. The Labute approximate surface area is 149 Å². The summed E-state index contributed by atoms with van der Waals surface area (Å²) in [5.41, 5.74) is 5.22. The summed E-state index contributed by atoms with van der Waals surface area (Å²) in [6.45, 7) is 4.58. The second-order valence-electron chi connectivity index (χ2n) is 6.61. The maximum Gasteiger partial charge on any atom is 0.253 e. The lowest BCUT2D eigenvalue weighted by Gasteiger charge is -2.12. The first kappa shape index (κ1) is 18.7. The number of nitrogens with one attached hydrogen (secondary N) is 1. The van der Waals surface area contributed by atoms with Crippen LogP contribution in [-0.4, -0.2) is 30.8 Å². The number of hydrogen-bond acceptors (Lipinski definition) is 2. The van der Waals surface area contributed by atoms with Gasteiger partial charge < -0.3 is 10.2 Å². The van der Waals surface area contributed by atoms with E-state index in [0.717, 1.165) is 12.0 Å². The number of carbonyl (C=O) groups excluding carboxylic acids is 2. The van der Waals surface area contributed by atoms with E-state index in [-0.39, 0.29) is 11.8 Å². The fraction of sp³-hybridized carbons (Fsp3) is 0.333. The van der Waals surface area contributed by atoms with E-state index >= 15 is 0 Å². The maximum atomic E-state index is 12.1. The third-order valence-corrected chi connectivity index (χ3v) is 4.19. The molecule has 1 N–H and O–H groups in total. The van der Waals surface area contributed by atoms with E-state index in [1.165, 1.54) is 16.7 Å². The molecular weight excluding hydrogens is 312 g/mol. The van der Waals surface area contributed by atoms with Gasteiger partial charge in [-0.2, -0.15) is 0 Å². The zero-order chi connectivity index (χ0) is 18.4. The number of rotatable bonds is 6. The van der Waals surface area contributed by atoms with E-state index in [0.29, 0.717) is 18.5 Å². The van der Waals surface area contributed by atoms with E-state index in [2.05, 4.69) is 37.4 Å². The molecule has 0 unspecified atom stereocenters. The minimum atomic E-state index is -0.0389. The number of hydrogen-bond donors (Lipinski definition) is 1. The van der Waals surface area contributed by atoms with Crippen LogP contribution in [0.15, 0.2) is 42.5 Å². The van der Waals surface area contributed by atoms with Gasteiger partial charge in [0.15, 0.2) is 0 Å². The largest absolute Gasteiger partial charge is 0.352 e. The average Bonchev–Trinajstić information content (AvgIpc) is 2.58. The molecule has 25 heavy (non-hydrogen) atoms. The molecule has 2 aromatic rings. The summed E-state index contributed by atoms with van der Waals surface area (Å²) >= 11 is 0. The van der Waals surface area contributed by atoms with Crippen LogP contribution in [0.4, 0.5) is 0 Å². The maximum absolute atomic E-state index is 12.1. The molecule has 0 saturated carbocycles. The van der Waals surface area contributed by atoms with Crippen LogP contribution in [0.1, 0.15) is 39.0 Å². The highest BCUT2D eigenvalue weighted by atomic mass is 16.2. The van der Waals surface area contributed by atoms with E-state index in [4.69, 9.17) is 0 Å². The Bertz CT molecular complexity index is 766. The zero-order valence-corrected chi connectivity index (χ0v) is 15.4. The van der Waals surface area contributed by atoms with Gasteiger partial charge in [-0.3, -0.25) is 9.59 Å². The number of carbonyl (C=O) groups is 2. The predicted molar refractivity (Wildman–Crippen MR) is 101 cm³/mol. The van der Waals surface area contributed by atoms with Crippen LogP contribution >= 0.6 is 0 Å². The zero-order valence-electron chi connectivity index (χ0n) is 15.4. The van der Waals surface area contributed by atoms with Gasteiger partial charge >= 0.3 is 0 Å². The molecule has 0 radical (unpaired) electrons. The Morgan fingerprint density at radius 2 is 1.80 bits per heavy atom. The van der Waals surface area contributed by atoms with Gasteiger partial charge in [0.25, 0.3) is 5.91 Å². The van der Waals surface area contributed by atoms with Crippen molar-refractivity contribution >= 4 is 11.8 Å². The lowest BCUT2D eigenvalue weighted by atomic mass is 10.0. The van der Waals surface area contributed by atoms with Crippen LogP contribution in [0.25, 0.3) is 0 Å². The van der Waals surface area contributed by atoms with Crippen molar-refractivity contribution in [2.75, 3.05) is 14.1 Å². The topological polar surface area (TPSA) is 49.4 Å². The molecule has 4 heteroatoms. The minimum Gasteiger partial charge on any atom is -0.352 e. The van der Waals surface area contributed by atoms with Crippen LogP contribution in [0, 0.1) is 13.8 Å². The molecule has 2 rings (SSSR count). The van der Waals surface area contributed by atoms with Crippen molar-refractivity contribution in [3.63, 3.8) is 0 Å². The van der Waals surface area contributed by atoms with Gasteiger partial charge in [-0.25, -0.2) is 0 Å². The van der Waals surface area contributed by atoms with Crippen molar-refractivity contribution in [1.29, 1.82) is 0 Å². The summed E-state index contributed by atoms with van der Waals surface area (Å²) in [4.78, 5) is 25.6. The van der Waals surface area contributed by atoms with E-state index in [1.807, 2.05) is 18.2 Å². The monoisotopic (exact) mass is 338 g/mol. The van der Waals surface area contributed by atoms with Gasteiger partial charge in [0, 0.05) is 32.6 Å². The molecule has 0 saturated heterocycles. The van der Waals surface area contributed by atoms with Gasteiger partial charge in [0.1, 0.15) is 0 Å².